The van der Waals surface area contributed by atoms with E-state index in [4.69, 9.17) is 4.74 Å². The Morgan fingerprint density at radius 1 is 1.54 bits per heavy atom. The summed E-state index contributed by atoms with van der Waals surface area (Å²) < 4.78 is 5.60. The van der Waals surface area contributed by atoms with Crippen LogP contribution in [0, 0.1) is 11.8 Å². The van der Waals surface area contributed by atoms with Crippen molar-refractivity contribution in [3.8, 4) is 0 Å². The second kappa shape index (κ2) is 5.43. The van der Waals surface area contributed by atoms with Gasteiger partial charge in [-0.2, -0.15) is 0 Å². The van der Waals surface area contributed by atoms with Gasteiger partial charge in [0, 0.05) is 13.2 Å². The van der Waals surface area contributed by atoms with Crippen LogP contribution in [-0.2, 0) is 4.74 Å². The standard InChI is InChI=1S/C12H22O/c1-4-7-13-9-12-6-5-10(2)8-11(12)3/h8,11-12H,4-7,9H2,1-3H3/t11-,12?/m0/s1. The zero-order valence-electron chi connectivity index (χ0n) is 9.18. The van der Waals surface area contributed by atoms with Crippen LogP contribution in [0.1, 0.15) is 40.0 Å². The minimum Gasteiger partial charge on any atom is -0.381 e. The summed E-state index contributed by atoms with van der Waals surface area (Å²) in [4.78, 5) is 0. The van der Waals surface area contributed by atoms with Crippen molar-refractivity contribution < 1.29 is 4.74 Å². The quantitative estimate of drug-likeness (QED) is 0.478. The molecule has 76 valence electrons. The molecule has 0 fully saturated rings. The highest BCUT2D eigenvalue weighted by Crippen LogP contribution is 2.28. The van der Waals surface area contributed by atoms with Crippen molar-refractivity contribution in [2.24, 2.45) is 11.8 Å². The summed E-state index contributed by atoms with van der Waals surface area (Å²) >= 11 is 0. The predicted octanol–water partition coefficient (Wildman–Crippen LogP) is 3.41. The summed E-state index contributed by atoms with van der Waals surface area (Å²) in [5, 5.41) is 0. The molecule has 1 aliphatic carbocycles. The highest BCUT2D eigenvalue weighted by atomic mass is 16.5. The molecular formula is C12H22O. The van der Waals surface area contributed by atoms with Crippen molar-refractivity contribution in [1.29, 1.82) is 0 Å². The first-order valence-corrected chi connectivity index (χ1v) is 5.49. The molecule has 0 bridgehead atoms. The third-order valence-corrected chi connectivity index (χ3v) is 2.88. The van der Waals surface area contributed by atoms with Crippen molar-refractivity contribution >= 4 is 0 Å². The average Bonchev–Trinajstić information content (AvgIpc) is 2.09. The molecule has 1 rings (SSSR count). The van der Waals surface area contributed by atoms with Crippen molar-refractivity contribution in [2.75, 3.05) is 13.2 Å². The number of allylic oxidation sites excluding steroid dienone is 2. The van der Waals surface area contributed by atoms with Gasteiger partial charge < -0.3 is 4.74 Å². The largest absolute Gasteiger partial charge is 0.381 e. The molecule has 0 radical (unpaired) electrons. The summed E-state index contributed by atoms with van der Waals surface area (Å²) in [5.74, 6) is 1.47. The summed E-state index contributed by atoms with van der Waals surface area (Å²) in [5.41, 5.74) is 1.55. The Kier molecular flexibility index (Phi) is 4.51. The Morgan fingerprint density at radius 2 is 2.31 bits per heavy atom. The summed E-state index contributed by atoms with van der Waals surface area (Å²) in [6.45, 7) is 8.58. The smallest absolute Gasteiger partial charge is 0.0499 e. The number of ether oxygens (including phenoxy) is 1. The van der Waals surface area contributed by atoms with Gasteiger partial charge in [-0.05, 0) is 38.0 Å². The van der Waals surface area contributed by atoms with Crippen LogP contribution >= 0.6 is 0 Å². The Hall–Kier alpha value is -0.300. The molecule has 0 saturated carbocycles. The van der Waals surface area contributed by atoms with Gasteiger partial charge in [-0.1, -0.05) is 25.5 Å². The van der Waals surface area contributed by atoms with Gasteiger partial charge >= 0.3 is 0 Å². The molecule has 0 spiro atoms. The van der Waals surface area contributed by atoms with Gasteiger partial charge in [-0.25, -0.2) is 0 Å². The molecule has 0 heterocycles. The fourth-order valence-corrected chi connectivity index (χ4v) is 1.96. The molecule has 2 atom stereocenters. The molecule has 0 aliphatic heterocycles. The lowest BCUT2D eigenvalue weighted by atomic mass is 9.83. The van der Waals surface area contributed by atoms with Crippen LogP contribution in [0.5, 0.6) is 0 Å². The molecule has 0 aromatic rings. The zero-order chi connectivity index (χ0) is 9.68. The summed E-state index contributed by atoms with van der Waals surface area (Å²) in [6.07, 6.45) is 6.12. The highest BCUT2D eigenvalue weighted by molar-refractivity contribution is 5.05. The third-order valence-electron chi connectivity index (χ3n) is 2.88. The molecule has 1 unspecified atom stereocenters. The molecule has 1 aliphatic rings. The van der Waals surface area contributed by atoms with Crippen LogP contribution in [0.25, 0.3) is 0 Å². The van der Waals surface area contributed by atoms with Crippen LogP contribution in [0.3, 0.4) is 0 Å². The fraction of sp³-hybridized carbons (Fsp3) is 0.833. The topological polar surface area (TPSA) is 9.23 Å². The van der Waals surface area contributed by atoms with Gasteiger partial charge in [0.15, 0.2) is 0 Å². The van der Waals surface area contributed by atoms with E-state index in [-0.39, 0.29) is 0 Å². The van der Waals surface area contributed by atoms with Gasteiger partial charge in [0.1, 0.15) is 0 Å². The maximum Gasteiger partial charge on any atom is 0.0499 e. The van der Waals surface area contributed by atoms with Gasteiger partial charge in [0.05, 0.1) is 0 Å². The highest BCUT2D eigenvalue weighted by Gasteiger charge is 2.19. The normalized spacial score (nSPS) is 28.7. The van der Waals surface area contributed by atoms with Gasteiger partial charge in [-0.15, -0.1) is 0 Å². The minimum atomic E-state index is 0.714. The molecule has 1 heteroatoms. The first-order chi connectivity index (χ1) is 6.24. The van der Waals surface area contributed by atoms with Crippen LogP contribution in [0.2, 0.25) is 0 Å². The van der Waals surface area contributed by atoms with E-state index in [1.165, 1.54) is 12.8 Å². The second-order valence-electron chi connectivity index (χ2n) is 4.25. The van der Waals surface area contributed by atoms with Crippen LogP contribution in [-0.4, -0.2) is 13.2 Å². The number of hydrogen-bond donors (Lipinski definition) is 0. The first kappa shape index (κ1) is 10.8. The van der Waals surface area contributed by atoms with E-state index < -0.39 is 0 Å². The van der Waals surface area contributed by atoms with E-state index in [2.05, 4.69) is 26.8 Å². The Labute approximate surface area is 82.2 Å². The first-order valence-electron chi connectivity index (χ1n) is 5.49. The molecule has 1 nitrogen and oxygen atoms in total. The fourth-order valence-electron chi connectivity index (χ4n) is 1.96. The van der Waals surface area contributed by atoms with Crippen molar-refractivity contribution in [3.63, 3.8) is 0 Å². The van der Waals surface area contributed by atoms with Gasteiger partial charge in [0.2, 0.25) is 0 Å². The molecule has 0 saturated heterocycles. The summed E-state index contributed by atoms with van der Waals surface area (Å²) in [7, 11) is 0. The van der Waals surface area contributed by atoms with E-state index in [0.29, 0.717) is 5.92 Å². The second-order valence-corrected chi connectivity index (χ2v) is 4.25. The average molecular weight is 182 g/mol. The van der Waals surface area contributed by atoms with Crippen molar-refractivity contribution in [2.45, 2.75) is 40.0 Å². The maximum atomic E-state index is 5.60. The number of rotatable bonds is 4. The lowest BCUT2D eigenvalue weighted by Crippen LogP contribution is -2.20. The van der Waals surface area contributed by atoms with Crippen LogP contribution in [0.15, 0.2) is 11.6 Å². The molecule has 0 amide bonds. The van der Waals surface area contributed by atoms with Crippen LogP contribution in [0.4, 0.5) is 0 Å². The van der Waals surface area contributed by atoms with Gasteiger partial charge in [0.25, 0.3) is 0 Å². The van der Waals surface area contributed by atoms with Crippen molar-refractivity contribution in [3.05, 3.63) is 11.6 Å². The van der Waals surface area contributed by atoms with E-state index in [1.54, 1.807) is 5.57 Å². The van der Waals surface area contributed by atoms with Crippen LogP contribution < -0.4 is 0 Å². The maximum absolute atomic E-state index is 5.60. The molecule has 0 N–H and O–H groups in total. The third kappa shape index (κ3) is 3.51. The molecule has 13 heavy (non-hydrogen) atoms. The SMILES string of the molecule is CCCOCC1CCC(C)=C[C@@H]1C. The van der Waals surface area contributed by atoms with Gasteiger partial charge in [-0.3, -0.25) is 0 Å². The van der Waals surface area contributed by atoms with E-state index in [0.717, 1.165) is 25.6 Å². The molecular weight excluding hydrogens is 160 g/mol. The lowest BCUT2D eigenvalue weighted by Gasteiger charge is -2.26. The molecule has 0 aromatic carbocycles. The van der Waals surface area contributed by atoms with E-state index >= 15 is 0 Å². The monoisotopic (exact) mass is 182 g/mol. The minimum absolute atomic E-state index is 0.714. The van der Waals surface area contributed by atoms with E-state index in [1.807, 2.05) is 0 Å². The zero-order valence-corrected chi connectivity index (χ0v) is 9.18. The predicted molar refractivity (Wildman–Crippen MR) is 56.8 cm³/mol. The van der Waals surface area contributed by atoms with E-state index in [9.17, 15) is 0 Å². The Morgan fingerprint density at radius 3 is 2.92 bits per heavy atom. The Bertz CT molecular complexity index is 172. The lowest BCUT2D eigenvalue weighted by molar-refractivity contribution is 0.0820. The van der Waals surface area contributed by atoms with Crippen molar-refractivity contribution in [1.82, 2.24) is 0 Å². The summed E-state index contributed by atoms with van der Waals surface area (Å²) in [6, 6.07) is 0. The molecule has 0 aromatic heterocycles. The Balaban J connectivity index is 2.27. The number of hydrogen-bond acceptors (Lipinski definition) is 1.